The number of rotatable bonds is 6. The quantitative estimate of drug-likeness (QED) is 0.584. The molecule has 0 bridgehead atoms. The van der Waals surface area contributed by atoms with Gasteiger partial charge in [0.05, 0.1) is 6.04 Å². The lowest BCUT2D eigenvalue weighted by atomic mass is 9.83. The van der Waals surface area contributed by atoms with Gasteiger partial charge < -0.3 is 10.6 Å². The molecular weight excluding hydrogens is 364 g/mol. The Bertz CT molecular complexity index is 984. The highest BCUT2D eigenvalue weighted by molar-refractivity contribution is 5.50. The molecule has 1 atom stereocenters. The van der Waals surface area contributed by atoms with Crippen molar-refractivity contribution in [1.29, 1.82) is 0 Å². The number of aromatic nitrogens is 5. The average Bonchev–Trinajstić information content (AvgIpc) is 3.00. The predicted molar refractivity (Wildman–Crippen MR) is 101 cm³/mol. The molecule has 1 unspecified atom stereocenters. The molecule has 0 radical (unpaired) electrons. The highest BCUT2D eigenvalue weighted by atomic mass is 19.1. The Kier molecular flexibility index (Phi) is 4.89. The van der Waals surface area contributed by atoms with Crippen molar-refractivity contribution in [2.75, 3.05) is 10.6 Å². The van der Waals surface area contributed by atoms with Gasteiger partial charge >= 0.3 is 0 Å². The summed E-state index contributed by atoms with van der Waals surface area (Å²) in [7, 11) is 0. The first kappa shape index (κ1) is 18.3. The van der Waals surface area contributed by atoms with Gasteiger partial charge in [0.1, 0.15) is 17.5 Å². The first-order valence-corrected chi connectivity index (χ1v) is 9.24. The molecular formula is C19H21F2N7. The van der Waals surface area contributed by atoms with Gasteiger partial charge in [-0.1, -0.05) is 12.5 Å². The van der Waals surface area contributed by atoms with E-state index in [-0.39, 0.29) is 0 Å². The molecule has 7 nitrogen and oxygen atoms in total. The molecule has 1 saturated carbocycles. The van der Waals surface area contributed by atoms with E-state index in [1.54, 1.807) is 13.8 Å². The van der Waals surface area contributed by atoms with E-state index in [9.17, 15) is 8.78 Å². The van der Waals surface area contributed by atoms with E-state index in [0.29, 0.717) is 35.0 Å². The van der Waals surface area contributed by atoms with Crippen LogP contribution in [0.1, 0.15) is 55.2 Å². The van der Waals surface area contributed by atoms with E-state index in [1.165, 1.54) is 31.4 Å². The molecule has 146 valence electrons. The molecule has 0 spiro atoms. The maximum absolute atomic E-state index is 14.0. The Morgan fingerprint density at radius 3 is 2.61 bits per heavy atom. The van der Waals surface area contributed by atoms with Crippen molar-refractivity contribution in [3.8, 4) is 0 Å². The van der Waals surface area contributed by atoms with Gasteiger partial charge in [-0.25, -0.2) is 8.78 Å². The molecule has 28 heavy (non-hydrogen) atoms. The SMILES string of the molecule is Cc1nc(Nc2cc(C3CCC3)[nH]n2)nc(NC(C)c2ccc(F)cc2F)n1. The molecule has 1 aromatic carbocycles. The number of benzene rings is 1. The summed E-state index contributed by atoms with van der Waals surface area (Å²) in [6.07, 6.45) is 3.61. The maximum Gasteiger partial charge on any atom is 0.233 e. The Hall–Kier alpha value is -3.10. The molecule has 9 heteroatoms. The number of halogens is 2. The number of aryl methyl sites for hydroxylation is 1. The van der Waals surface area contributed by atoms with Crippen molar-refractivity contribution >= 4 is 17.7 Å². The minimum atomic E-state index is -0.621. The summed E-state index contributed by atoms with van der Waals surface area (Å²) in [4.78, 5) is 12.9. The van der Waals surface area contributed by atoms with Crippen molar-refractivity contribution in [3.05, 3.63) is 53.0 Å². The summed E-state index contributed by atoms with van der Waals surface area (Å²) in [5.74, 6) is 1.08. The molecule has 4 rings (SSSR count). The van der Waals surface area contributed by atoms with Crippen molar-refractivity contribution in [3.63, 3.8) is 0 Å². The third kappa shape index (κ3) is 3.92. The van der Waals surface area contributed by atoms with E-state index in [4.69, 9.17) is 0 Å². The van der Waals surface area contributed by atoms with Crippen molar-refractivity contribution in [2.45, 2.75) is 45.1 Å². The normalized spacial score (nSPS) is 15.1. The van der Waals surface area contributed by atoms with Crippen LogP contribution in [0.25, 0.3) is 0 Å². The Morgan fingerprint density at radius 1 is 1.11 bits per heavy atom. The topological polar surface area (TPSA) is 91.4 Å². The Labute approximate surface area is 161 Å². The van der Waals surface area contributed by atoms with Crippen LogP contribution in [0.15, 0.2) is 24.3 Å². The molecule has 2 aromatic heterocycles. The van der Waals surface area contributed by atoms with Crippen LogP contribution in [0.3, 0.4) is 0 Å². The van der Waals surface area contributed by atoms with Gasteiger partial charge in [-0.3, -0.25) is 5.10 Å². The summed E-state index contributed by atoms with van der Waals surface area (Å²) < 4.78 is 27.1. The highest BCUT2D eigenvalue weighted by Gasteiger charge is 2.21. The summed E-state index contributed by atoms with van der Waals surface area (Å²) >= 11 is 0. The molecule has 0 aliphatic heterocycles. The smallest absolute Gasteiger partial charge is 0.233 e. The van der Waals surface area contributed by atoms with E-state index in [1.807, 2.05) is 6.07 Å². The summed E-state index contributed by atoms with van der Waals surface area (Å²) in [6, 6.07) is 5.00. The van der Waals surface area contributed by atoms with Gasteiger partial charge in [-0.05, 0) is 32.8 Å². The van der Waals surface area contributed by atoms with Gasteiger partial charge in [0.2, 0.25) is 11.9 Å². The predicted octanol–water partition coefficient (Wildman–Crippen LogP) is 4.37. The highest BCUT2D eigenvalue weighted by Crippen LogP contribution is 2.36. The lowest BCUT2D eigenvalue weighted by Crippen LogP contribution is -2.13. The lowest BCUT2D eigenvalue weighted by Gasteiger charge is -2.23. The average molecular weight is 385 g/mol. The second-order valence-corrected chi connectivity index (χ2v) is 7.02. The molecule has 0 saturated heterocycles. The van der Waals surface area contributed by atoms with Gasteiger partial charge in [-0.2, -0.15) is 20.1 Å². The summed E-state index contributed by atoms with van der Waals surface area (Å²) in [5.41, 5.74) is 1.43. The van der Waals surface area contributed by atoms with E-state index in [2.05, 4.69) is 35.8 Å². The monoisotopic (exact) mass is 385 g/mol. The summed E-state index contributed by atoms with van der Waals surface area (Å²) in [6.45, 7) is 3.49. The number of hydrogen-bond acceptors (Lipinski definition) is 6. The standard InChI is InChI=1S/C19H21F2N7/c1-10(14-7-6-13(20)8-15(14)21)22-18-23-11(2)24-19(26-18)25-17-9-16(27-28-17)12-4-3-5-12/h6-10,12H,3-5H2,1-2H3,(H3,22,23,24,25,26,27,28). The Balaban J connectivity index is 1.49. The molecule has 0 amide bonds. The minimum absolute atomic E-state index is 0.293. The lowest BCUT2D eigenvalue weighted by molar-refractivity contribution is 0.410. The number of H-pyrrole nitrogens is 1. The molecule has 1 aliphatic rings. The van der Waals surface area contributed by atoms with Gasteiger partial charge in [0, 0.05) is 29.3 Å². The number of nitrogens with one attached hydrogen (secondary N) is 3. The van der Waals surface area contributed by atoms with E-state index in [0.717, 1.165) is 11.8 Å². The molecule has 3 N–H and O–H groups in total. The van der Waals surface area contributed by atoms with Crippen LogP contribution in [-0.4, -0.2) is 25.1 Å². The second-order valence-electron chi connectivity index (χ2n) is 7.02. The van der Waals surface area contributed by atoms with Crippen LogP contribution < -0.4 is 10.6 Å². The molecule has 2 heterocycles. The fraction of sp³-hybridized carbons (Fsp3) is 0.368. The molecule has 3 aromatic rings. The van der Waals surface area contributed by atoms with Crippen molar-refractivity contribution in [1.82, 2.24) is 25.1 Å². The first-order valence-electron chi connectivity index (χ1n) is 9.24. The Morgan fingerprint density at radius 2 is 1.89 bits per heavy atom. The van der Waals surface area contributed by atoms with Crippen LogP contribution in [0.4, 0.5) is 26.5 Å². The number of hydrogen-bond donors (Lipinski definition) is 3. The molecule has 1 aliphatic carbocycles. The van der Waals surface area contributed by atoms with E-state index >= 15 is 0 Å². The van der Waals surface area contributed by atoms with Gasteiger partial charge in [-0.15, -0.1) is 0 Å². The van der Waals surface area contributed by atoms with Crippen molar-refractivity contribution in [2.24, 2.45) is 0 Å². The van der Waals surface area contributed by atoms with Crippen LogP contribution >= 0.6 is 0 Å². The zero-order valence-electron chi connectivity index (χ0n) is 15.6. The zero-order chi connectivity index (χ0) is 19.7. The van der Waals surface area contributed by atoms with Crippen LogP contribution in [0.2, 0.25) is 0 Å². The van der Waals surface area contributed by atoms with Crippen LogP contribution in [0.5, 0.6) is 0 Å². The van der Waals surface area contributed by atoms with Crippen LogP contribution in [-0.2, 0) is 0 Å². The fourth-order valence-electron chi connectivity index (χ4n) is 3.17. The number of aromatic amines is 1. The molecule has 1 fully saturated rings. The van der Waals surface area contributed by atoms with Crippen molar-refractivity contribution < 1.29 is 8.78 Å². The largest absolute Gasteiger partial charge is 0.347 e. The van der Waals surface area contributed by atoms with Gasteiger partial charge in [0.25, 0.3) is 0 Å². The van der Waals surface area contributed by atoms with E-state index < -0.39 is 17.7 Å². The minimum Gasteiger partial charge on any atom is -0.347 e. The third-order valence-electron chi connectivity index (χ3n) is 4.90. The maximum atomic E-state index is 14.0. The third-order valence-corrected chi connectivity index (χ3v) is 4.90. The summed E-state index contributed by atoms with van der Waals surface area (Å²) in [5, 5.41) is 13.4. The second kappa shape index (κ2) is 7.49. The number of anilines is 3. The zero-order valence-corrected chi connectivity index (χ0v) is 15.6. The van der Waals surface area contributed by atoms with Crippen LogP contribution in [0, 0.1) is 18.6 Å². The number of nitrogens with zero attached hydrogens (tertiary/aromatic N) is 4. The fourth-order valence-corrected chi connectivity index (χ4v) is 3.17. The van der Waals surface area contributed by atoms with Gasteiger partial charge in [0.15, 0.2) is 5.82 Å². The first-order chi connectivity index (χ1) is 13.5.